The van der Waals surface area contributed by atoms with Crippen LogP contribution in [0.15, 0.2) is 24.3 Å². The number of carbonyl (C=O) groups excluding carboxylic acids is 1. The zero-order valence-corrected chi connectivity index (χ0v) is 15.1. The van der Waals surface area contributed by atoms with Crippen LogP contribution in [0.3, 0.4) is 0 Å². The van der Waals surface area contributed by atoms with Crippen LogP contribution < -0.4 is 10.6 Å². The number of rotatable bonds is 9. The van der Waals surface area contributed by atoms with Gasteiger partial charge >= 0.3 is 0 Å². The highest BCUT2D eigenvalue weighted by molar-refractivity contribution is 7.18. The molecule has 0 saturated carbocycles. The Bertz CT molecular complexity index is 601. The van der Waals surface area contributed by atoms with Crippen LogP contribution in [0.1, 0.15) is 38.6 Å². The summed E-state index contributed by atoms with van der Waals surface area (Å²) in [7, 11) is 0. The number of fused-ring (bicyclic) bond motifs is 1. The topological polar surface area (TPSA) is 54.0 Å². The number of hydrogen-bond acceptors (Lipinski definition) is 4. The highest BCUT2D eigenvalue weighted by atomic mass is 32.1. The molecule has 1 heterocycles. The number of likely N-dealkylation sites (N-methyl/N-ethyl adjacent to an activating group) is 1. The summed E-state index contributed by atoms with van der Waals surface area (Å²) in [6, 6.07) is 8.16. The predicted octanol–water partition coefficient (Wildman–Crippen LogP) is 3.37. The van der Waals surface area contributed by atoms with Gasteiger partial charge in [-0.15, -0.1) is 11.3 Å². The van der Waals surface area contributed by atoms with Crippen molar-refractivity contribution in [3.8, 4) is 0 Å². The second-order valence-corrected chi connectivity index (χ2v) is 6.96. The maximum absolute atomic E-state index is 12.7. The zero-order valence-electron chi connectivity index (χ0n) is 14.3. The standard InChI is InChI=1S/C18H27N3OS/c1-4-18(5-2,17(22)20-12-11-19-6-3)13-16-21-14-9-7-8-10-15(14)23-16/h7-10,19H,4-6,11-13H2,1-3H3,(H,20,22). The van der Waals surface area contributed by atoms with E-state index in [1.54, 1.807) is 11.3 Å². The van der Waals surface area contributed by atoms with Crippen LogP contribution in [0, 0.1) is 5.41 Å². The van der Waals surface area contributed by atoms with E-state index in [0.29, 0.717) is 13.0 Å². The maximum atomic E-state index is 12.7. The van der Waals surface area contributed by atoms with E-state index < -0.39 is 0 Å². The van der Waals surface area contributed by atoms with Crippen molar-refractivity contribution < 1.29 is 4.79 Å². The summed E-state index contributed by atoms with van der Waals surface area (Å²) in [4.78, 5) is 17.5. The fourth-order valence-corrected chi connectivity index (χ4v) is 3.93. The second kappa shape index (κ2) is 8.41. The first-order chi connectivity index (χ1) is 11.1. The molecule has 1 aromatic heterocycles. The van der Waals surface area contributed by atoms with Gasteiger partial charge in [0.1, 0.15) is 0 Å². The Labute approximate surface area is 142 Å². The number of nitrogens with one attached hydrogen (secondary N) is 2. The van der Waals surface area contributed by atoms with Crippen molar-refractivity contribution in [1.29, 1.82) is 0 Å². The average Bonchev–Trinajstić information content (AvgIpc) is 2.98. The van der Waals surface area contributed by atoms with Crippen LogP contribution in [-0.4, -0.2) is 30.5 Å². The zero-order chi connectivity index (χ0) is 16.7. The first-order valence-electron chi connectivity index (χ1n) is 8.48. The lowest BCUT2D eigenvalue weighted by Crippen LogP contribution is -2.44. The number of para-hydroxylation sites is 1. The van der Waals surface area contributed by atoms with Gasteiger partial charge in [-0.3, -0.25) is 4.79 Å². The van der Waals surface area contributed by atoms with E-state index >= 15 is 0 Å². The van der Waals surface area contributed by atoms with E-state index in [0.717, 1.165) is 36.5 Å². The summed E-state index contributed by atoms with van der Waals surface area (Å²) >= 11 is 1.70. The van der Waals surface area contributed by atoms with E-state index in [-0.39, 0.29) is 11.3 Å². The summed E-state index contributed by atoms with van der Waals surface area (Å²) in [5.41, 5.74) is 0.668. The number of amides is 1. The Balaban J connectivity index is 2.10. The summed E-state index contributed by atoms with van der Waals surface area (Å²) in [5.74, 6) is 0.152. The van der Waals surface area contributed by atoms with E-state index in [1.807, 2.05) is 18.2 Å². The Hall–Kier alpha value is -1.46. The molecule has 0 atom stereocenters. The minimum Gasteiger partial charge on any atom is -0.354 e. The lowest BCUT2D eigenvalue weighted by atomic mass is 9.78. The number of hydrogen-bond donors (Lipinski definition) is 2. The van der Waals surface area contributed by atoms with Gasteiger partial charge in [-0.2, -0.15) is 0 Å². The van der Waals surface area contributed by atoms with Gasteiger partial charge in [0.05, 0.1) is 20.6 Å². The molecular formula is C18H27N3OS. The number of benzene rings is 1. The minimum atomic E-state index is -0.361. The van der Waals surface area contributed by atoms with Crippen molar-refractivity contribution in [3.05, 3.63) is 29.3 Å². The van der Waals surface area contributed by atoms with Crippen molar-refractivity contribution in [2.45, 2.75) is 40.0 Å². The van der Waals surface area contributed by atoms with Crippen molar-refractivity contribution >= 4 is 27.5 Å². The molecule has 0 aliphatic heterocycles. The predicted molar refractivity (Wildman–Crippen MR) is 97.9 cm³/mol. The van der Waals surface area contributed by atoms with Crippen molar-refractivity contribution in [3.63, 3.8) is 0 Å². The number of aromatic nitrogens is 1. The van der Waals surface area contributed by atoms with Gasteiger partial charge < -0.3 is 10.6 Å². The SMILES string of the molecule is CCNCCNC(=O)C(CC)(CC)Cc1nc2ccccc2s1. The smallest absolute Gasteiger partial charge is 0.226 e. The Kier molecular flexibility index (Phi) is 6.54. The summed E-state index contributed by atoms with van der Waals surface area (Å²) in [6.45, 7) is 8.67. The fraction of sp³-hybridized carbons (Fsp3) is 0.556. The maximum Gasteiger partial charge on any atom is 0.226 e. The lowest BCUT2D eigenvalue weighted by molar-refractivity contribution is -0.131. The molecule has 2 rings (SSSR count). The molecule has 0 aliphatic rings. The lowest BCUT2D eigenvalue weighted by Gasteiger charge is -2.29. The number of carbonyl (C=O) groups is 1. The van der Waals surface area contributed by atoms with Crippen LogP contribution in [0.4, 0.5) is 0 Å². The van der Waals surface area contributed by atoms with Crippen molar-refractivity contribution in [1.82, 2.24) is 15.6 Å². The molecule has 4 nitrogen and oxygen atoms in total. The van der Waals surface area contributed by atoms with Crippen molar-refractivity contribution in [2.24, 2.45) is 5.41 Å². The Morgan fingerprint density at radius 2 is 1.91 bits per heavy atom. The molecule has 0 radical (unpaired) electrons. The molecule has 5 heteroatoms. The van der Waals surface area contributed by atoms with Crippen LogP contribution in [0.2, 0.25) is 0 Å². The molecule has 23 heavy (non-hydrogen) atoms. The monoisotopic (exact) mass is 333 g/mol. The van der Waals surface area contributed by atoms with Gasteiger partial charge in [-0.05, 0) is 31.5 Å². The Morgan fingerprint density at radius 3 is 2.57 bits per heavy atom. The summed E-state index contributed by atoms with van der Waals surface area (Å²) in [6.07, 6.45) is 2.37. The van der Waals surface area contributed by atoms with Crippen LogP contribution in [-0.2, 0) is 11.2 Å². The van der Waals surface area contributed by atoms with Crippen LogP contribution in [0.5, 0.6) is 0 Å². The fourth-order valence-electron chi connectivity index (χ4n) is 2.82. The molecule has 126 valence electrons. The molecule has 0 unspecified atom stereocenters. The van der Waals surface area contributed by atoms with E-state index in [1.165, 1.54) is 4.70 Å². The molecule has 0 bridgehead atoms. The molecule has 0 saturated heterocycles. The van der Waals surface area contributed by atoms with Gasteiger partial charge in [-0.25, -0.2) is 4.98 Å². The summed E-state index contributed by atoms with van der Waals surface area (Å²) in [5, 5.41) is 7.38. The molecule has 0 aliphatic carbocycles. The van der Waals surface area contributed by atoms with Gasteiger partial charge in [0.25, 0.3) is 0 Å². The third-order valence-corrected chi connectivity index (χ3v) is 5.54. The van der Waals surface area contributed by atoms with E-state index in [2.05, 4.69) is 37.5 Å². The molecular weight excluding hydrogens is 306 g/mol. The van der Waals surface area contributed by atoms with Gasteiger partial charge in [0.2, 0.25) is 5.91 Å². The first kappa shape index (κ1) is 17.9. The molecule has 1 aromatic carbocycles. The first-order valence-corrected chi connectivity index (χ1v) is 9.30. The van der Waals surface area contributed by atoms with Gasteiger partial charge in [0.15, 0.2) is 0 Å². The quantitative estimate of drug-likeness (QED) is 0.692. The van der Waals surface area contributed by atoms with Crippen LogP contribution in [0.25, 0.3) is 10.2 Å². The number of nitrogens with zero attached hydrogens (tertiary/aromatic N) is 1. The van der Waals surface area contributed by atoms with E-state index in [4.69, 9.17) is 4.98 Å². The Morgan fingerprint density at radius 1 is 1.17 bits per heavy atom. The normalized spacial score (nSPS) is 11.8. The largest absolute Gasteiger partial charge is 0.354 e. The summed E-state index contributed by atoms with van der Waals surface area (Å²) < 4.78 is 1.19. The minimum absolute atomic E-state index is 0.152. The van der Waals surface area contributed by atoms with Gasteiger partial charge in [0, 0.05) is 19.5 Å². The molecule has 0 spiro atoms. The second-order valence-electron chi connectivity index (χ2n) is 5.85. The molecule has 1 amide bonds. The number of thiazole rings is 1. The van der Waals surface area contributed by atoms with E-state index in [9.17, 15) is 4.79 Å². The molecule has 2 N–H and O–H groups in total. The highest BCUT2D eigenvalue weighted by Crippen LogP contribution is 2.34. The van der Waals surface area contributed by atoms with Crippen molar-refractivity contribution in [2.75, 3.05) is 19.6 Å². The van der Waals surface area contributed by atoms with Crippen LogP contribution >= 0.6 is 11.3 Å². The van der Waals surface area contributed by atoms with Gasteiger partial charge in [-0.1, -0.05) is 32.9 Å². The highest BCUT2D eigenvalue weighted by Gasteiger charge is 2.35. The molecule has 0 fully saturated rings. The third-order valence-electron chi connectivity index (χ3n) is 4.50. The average molecular weight is 334 g/mol. The third kappa shape index (κ3) is 4.30. The molecule has 2 aromatic rings.